The van der Waals surface area contributed by atoms with Gasteiger partial charge in [0.05, 0.1) is 0 Å². The molecule has 56 valence electrons. The normalized spacial score (nSPS) is 17.6. The summed E-state index contributed by atoms with van der Waals surface area (Å²) in [5, 5.41) is -0.113. The van der Waals surface area contributed by atoms with Crippen LogP contribution >= 0.6 is 9.24 Å². The Morgan fingerprint density at radius 1 is 1.60 bits per heavy atom. The van der Waals surface area contributed by atoms with Crippen LogP contribution in [0.3, 0.4) is 0 Å². The van der Waals surface area contributed by atoms with Gasteiger partial charge in [0.25, 0.3) is 0 Å². The van der Waals surface area contributed by atoms with Crippen LogP contribution in [0.15, 0.2) is 37.1 Å². The number of rotatable bonds is 3. The summed E-state index contributed by atoms with van der Waals surface area (Å²) in [7, 11) is 2.64. The van der Waals surface area contributed by atoms with Gasteiger partial charge < -0.3 is 5.73 Å². The Morgan fingerprint density at radius 2 is 2.10 bits per heavy atom. The van der Waals surface area contributed by atoms with E-state index < -0.39 is 0 Å². The second kappa shape index (κ2) is 3.58. The molecule has 0 spiro atoms. The van der Waals surface area contributed by atoms with Crippen molar-refractivity contribution < 1.29 is 0 Å². The number of hydrogen-bond acceptors (Lipinski definition) is 1. The average Bonchev–Trinajstić information content (AvgIpc) is 1.87. The Balaban J connectivity index is 4.37. The fourth-order valence-corrected chi connectivity index (χ4v) is 0.669. The lowest BCUT2D eigenvalue weighted by atomic mass is 10.1. The van der Waals surface area contributed by atoms with E-state index in [1.54, 1.807) is 6.08 Å². The molecule has 0 aromatic rings. The molecule has 0 rings (SSSR count). The van der Waals surface area contributed by atoms with Crippen molar-refractivity contribution in [1.82, 2.24) is 0 Å². The van der Waals surface area contributed by atoms with Crippen molar-refractivity contribution in [2.24, 2.45) is 5.73 Å². The summed E-state index contributed by atoms with van der Waals surface area (Å²) in [6, 6.07) is 0. The fraction of sp³-hybridized carbons (Fsp3) is 0.250. The number of allylic oxidation sites excluding steroid dienone is 3. The first-order chi connectivity index (χ1) is 4.52. The SMILES string of the molecule is C=C/C(N)=C\C(C)(P)C=C. The van der Waals surface area contributed by atoms with Gasteiger partial charge in [-0.25, -0.2) is 0 Å². The molecule has 1 nitrogen and oxygen atoms in total. The molecule has 2 atom stereocenters. The van der Waals surface area contributed by atoms with E-state index in [1.807, 2.05) is 19.1 Å². The fourth-order valence-electron chi connectivity index (χ4n) is 0.477. The first-order valence-corrected chi connectivity index (χ1v) is 3.63. The molecule has 0 aromatic heterocycles. The molecular weight excluding hydrogens is 141 g/mol. The Kier molecular flexibility index (Phi) is 3.38. The van der Waals surface area contributed by atoms with Gasteiger partial charge in [0.1, 0.15) is 0 Å². The average molecular weight is 155 g/mol. The Labute approximate surface area is 64.9 Å². The topological polar surface area (TPSA) is 26.0 Å². The number of hydrogen-bond donors (Lipinski definition) is 1. The molecule has 0 aliphatic rings. The second-order valence-electron chi connectivity index (χ2n) is 2.42. The summed E-state index contributed by atoms with van der Waals surface area (Å²) in [5.41, 5.74) is 6.19. The Hall–Kier alpha value is -0.550. The van der Waals surface area contributed by atoms with Crippen molar-refractivity contribution >= 4 is 9.24 Å². The summed E-state index contributed by atoms with van der Waals surface area (Å²) < 4.78 is 0. The maximum Gasteiger partial charge on any atom is 0.0279 e. The highest BCUT2D eigenvalue weighted by Gasteiger charge is 2.07. The van der Waals surface area contributed by atoms with E-state index in [1.165, 1.54) is 0 Å². The van der Waals surface area contributed by atoms with E-state index in [0.29, 0.717) is 5.70 Å². The molecule has 0 saturated carbocycles. The van der Waals surface area contributed by atoms with E-state index in [9.17, 15) is 0 Å². The maximum absolute atomic E-state index is 5.52. The third-order valence-corrected chi connectivity index (χ3v) is 1.56. The maximum atomic E-state index is 5.52. The van der Waals surface area contributed by atoms with Crippen LogP contribution < -0.4 is 5.73 Å². The van der Waals surface area contributed by atoms with Crippen molar-refractivity contribution in [3.63, 3.8) is 0 Å². The first kappa shape index (κ1) is 9.45. The quantitative estimate of drug-likeness (QED) is 0.375. The summed E-state index contributed by atoms with van der Waals surface area (Å²) in [6.07, 6.45) is 5.32. The van der Waals surface area contributed by atoms with Crippen LogP contribution in [0.1, 0.15) is 6.92 Å². The lowest BCUT2D eigenvalue weighted by molar-refractivity contribution is 0.998. The molecule has 0 radical (unpaired) electrons. The molecule has 2 unspecified atom stereocenters. The number of nitrogens with two attached hydrogens (primary N) is 1. The van der Waals surface area contributed by atoms with Crippen LogP contribution in [0.4, 0.5) is 0 Å². The van der Waals surface area contributed by atoms with E-state index in [-0.39, 0.29) is 5.16 Å². The van der Waals surface area contributed by atoms with Crippen molar-refractivity contribution in [2.45, 2.75) is 12.1 Å². The van der Waals surface area contributed by atoms with Crippen molar-refractivity contribution in [3.8, 4) is 0 Å². The Morgan fingerprint density at radius 3 is 2.40 bits per heavy atom. The standard InChI is InChI=1S/C8H14NP/c1-4-7(9)6-8(3,10)5-2/h4-6H,1-2,9-10H2,3H3/b7-6+. The highest BCUT2D eigenvalue weighted by atomic mass is 31.0. The van der Waals surface area contributed by atoms with Crippen molar-refractivity contribution in [2.75, 3.05) is 0 Å². The molecule has 0 aliphatic heterocycles. The van der Waals surface area contributed by atoms with Gasteiger partial charge in [0, 0.05) is 10.9 Å². The van der Waals surface area contributed by atoms with Gasteiger partial charge in [-0.2, -0.15) is 0 Å². The summed E-state index contributed by atoms with van der Waals surface area (Å²) in [5.74, 6) is 0. The Bertz CT molecular complexity index is 168. The minimum atomic E-state index is -0.113. The van der Waals surface area contributed by atoms with Gasteiger partial charge in [-0.15, -0.1) is 15.8 Å². The molecule has 2 N–H and O–H groups in total. The van der Waals surface area contributed by atoms with E-state index in [4.69, 9.17) is 5.73 Å². The summed E-state index contributed by atoms with van der Waals surface area (Å²) in [4.78, 5) is 0. The largest absolute Gasteiger partial charge is 0.399 e. The van der Waals surface area contributed by atoms with Gasteiger partial charge in [-0.3, -0.25) is 0 Å². The highest BCUT2D eigenvalue weighted by Crippen LogP contribution is 2.20. The van der Waals surface area contributed by atoms with Crippen LogP contribution in [0.25, 0.3) is 0 Å². The zero-order valence-electron chi connectivity index (χ0n) is 6.30. The summed E-state index contributed by atoms with van der Waals surface area (Å²) >= 11 is 0. The summed E-state index contributed by atoms with van der Waals surface area (Å²) in [6.45, 7) is 9.21. The third kappa shape index (κ3) is 3.47. The van der Waals surface area contributed by atoms with Gasteiger partial charge in [-0.05, 0) is 19.1 Å². The lowest BCUT2D eigenvalue weighted by Crippen LogP contribution is -2.09. The van der Waals surface area contributed by atoms with E-state index >= 15 is 0 Å². The van der Waals surface area contributed by atoms with Gasteiger partial charge in [0.15, 0.2) is 0 Å². The molecule has 10 heavy (non-hydrogen) atoms. The highest BCUT2D eigenvalue weighted by molar-refractivity contribution is 7.19. The molecule has 0 aromatic carbocycles. The molecular formula is C8H14NP. The lowest BCUT2D eigenvalue weighted by Gasteiger charge is -2.13. The molecule has 0 amide bonds. The molecule has 0 heterocycles. The molecule has 0 fully saturated rings. The van der Waals surface area contributed by atoms with E-state index in [2.05, 4.69) is 22.4 Å². The van der Waals surface area contributed by atoms with Crippen molar-refractivity contribution in [3.05, 3.63) is 37.1 Å². The van der Waals surface area contributed by atoms with Gasteiger partial charge in [-0.1, -0.05) is 12.7 Å². The molecule has 0 aliphatic carbocycles. The minimum absolute atomic E-state index is 0.113. The van der Waals surface area contributed by atoms with Crippen LogP contribution in [0, 0.1) is 0 Å². The van der Waals surface area contributed by atoms with Gasteiger partial charge in [0.2, 0.25) is 0 Å². The zero-order valence-corrected chi connectivity index (χ0v) is 7.46. The third-order valence-electron chi connectivity index (χ3n) is 1.15. The van der Waals surface area contributed by atoms with Crippen LogP contribution in [0.2, 0.25) is 0 Å². The van der Waals surface area contributed by atoms with Crippen LogP contribution in [-0.4, -0.2) is 5.16 Å². The zero-order chi connectivity index (χ0) is 8.20. The van der Waals surface area contributed by atoms with Crippen LogP contribution in [0.5, 0.6) is 0 Å². The smallest absolute Gasteiger partial charge is 0.0279 e. The van der Waals surface area contributed by atoms with Crippen LogP contribution in [-0.2, 0) is 0 Å². The van der Waals surface area contributed by atoms with E-state index in [0.717, 1.165) is 0 Å². The predicted molar refractivity (Wildman–Crippen MR) is 50.8 cm³/mol. The van der Waals surface area contributed by atoms with Gasteiger partial charge >= 0.3 is 0 Å². The first-order valence-electron chi connectivity index (χ1n) is 3.05. The van der Waals surface area contributed by atoms with Crippen molar-refractivity contribution in [1.29, 1.82) is 0 Å². The predicted octanol–water partition coefficient (Wildman–Crippen LogP) is 1.83. The molecule has 0 saturated heterocycles. The molecule has 2 heteroatoms. The minimum Gasteiger partial charge on any atom is -0.399 e. The second-order valence-corrected chi connectivity index (χ2v) is 3.66. The monoisotopic (exact) mass is 155 g/mol. The molecule has 0 bridgehead atoms.